The fourth-order valence-electron chi connectivity index (χ4n) is 0.560. The van der Waals surface area contributed by atoms with Crippen LogP contribution in [0.25, 0.3) is 0 Å². The second kappa shape index (κ2) is 3.96. The van der Waals surface area contributed by atoms with Crippen LogP contribution in [0.4, 0.5) is 0 Å². The molecule has 6 nitrogen and oxygen atoms in total. The summed E-state index contributed by atoms with van der Waals surface area (Å²) < 4.78 is 0. The summed E-state index contributed by atoms with van der Waals surface area (Å²) in [5.74, 6) is 0.163. The molecule has 0 bridgehead atoms. The van der Waals surface area contributed by atoms with Crippen molar-refractivity contribution in [3.8, 4) is 0 Å². The van der Waals surface area contributed by atoms with Crippen LogP contribution in [-0.4, -0.2) is 31.5 Å². The molecule has 0 saturated heterocycles. The molecule has 7 heteroatoms. The van der Waals surface area contributed by atoms with E-state index < -0.39 is 0 Å². The first kappa shape index (κ1) is 8.85. The van der Waals surface area contributed by atoms with Crippen LogP contribution in [0.5, 0.6) is 0 Å². The van der Waals surface area contributed by atoms with Crippen LogP contribution in [-0.2, 0) is 0 Å². The smallest absolute Gasteiger partial charge is 0.184 e. The van der Waals surface area contributed by atoms with Gasteiger partial charge in [-0.15, -0.1) is 0 Å². The molecule has 0 fully saturated rings. The number of nitrogens with two attached hydrogens (primary N) is 1. The fraction of sp³-hybridized carbons (Fsp3) is 0.400. The SMILES string of the molecule is CC(Sc1ncn[nH]1)C(N)=NO. The Kier molecular flexibility index (Phi) is 2.92. The Hall–Kier alpha value is -1.24. The van der Waals surface area contributed by atoms with E-state index in [1.165, 1.54) is 18.1 Å². The Morgan fingerprint density at radius 1 is 1.92 bits per heavy atom. The number of H-pyrrole nitrogens is 1. The van der Waals surface area contributed by atoms with E-state index in [1.54, 1.807) is 0 Å². The van der Waals surface area contributed by atoms with Crippen molar-refractivity contribution in [2.75, 3.05) is 0 Å². The van der Waals surface area contributed by atoms with Crippen LogP contribution in [0.3, 0.4) is 0 Å². The minimum absolute atomic E-state index is 0.122. The van der Waals surface area contributed by atoms with E-state index in [-0.39, 0.29) is 11.1 Å². The maximum Gasteiger partial charge on any atom is 0.184 e. The van der Waals surface area contributed by atoms with Gasteiger partial charge in [-0.2, -0.15) is 5.10 Å². The lowest BCUT2D eigenvalue weighted by molar-refractivity contribution is 0.317. The Balaban J connectivity index is 2.53. The van der Waals surface area contributed by atoms with Crippen LogP contribution < -0.4 is 5.73 Å². The Bertz CT molecular complexity index is 259. The van der Waals surface area contributed by atoms with E-state index in [0.29, 0.717) is 5.16 Å². The highest BCUT2D eigenvalue weighted by molar-refractivity contribution is 8.00. The number of aromatic amines is 1. The minimum atomic E-state index is -0.122. The molecule has 1 heterocycles. The maximum absolute atomic E-state index is 8.34. The van der Waals surface area contributed by atoms with E-state index in [9.17, 15) is 0 Å². The third kappa shape index (κ3) is 2.12. The van der Waals surface area contributed by atoms with Crippen molar-refractivity contribution in [2.45, 2.75) is 17.3 Å². The van der Waals surface area contributed by atoms with Gasteiger partial charge >= 0.3 is 0 Å². The van der Waals surface area contributed by atoms with Gasteiger partial charge in [0.2, 0.25) is 0 Å². The third-order valence-electron chi connectivity index (χ3n) is 1.21. The maximum atomic E-state index is 8.34. The van der Waals surface area contributed by atoms with E-state index in [1.807, 2.05) is 6.92 Å². The molecular formula is C5H9N5OS. The molecule has 0 spiro atoms. The van der Waals surface area contributed by atoms with Gasteiger partial charge in [0, 0.05) is 0 Å². The number of hydrogen-bond donors (Lipinski definition) is 3. The molecule has 1 rings (SSSR count). The van der Waals surface area contributed by atoms with Gasteiger partial charge in [0.1, 0.15) is 6.33 Å². The lowest BCUT2D eigenvalue weighted by atomic mass is 10.4. The first-order valence-electron chi connectivity index (χ1n) is 3.23. The number of rotatable bonds is 3. The molecule has 0 aromatic carbocycles. The van der Waals surface area contributed by atoms with Crippen LogP contribution in [0.2, 0.25) is 0 Å². The summed E-state index contributed by atoms with van der Waals surface area (Å²) >= 11 is 1.34. The lowest BCUT2D eigenvalue weighted by Gasteiger charge is -2.04. The van der Waals surface area contributed by atoms with Crippen LogP contribution >= 0.6 is 11.8 Å². The second-order valence-electron chi connectivity index (χ2n) is 2.08. The number of nitrogens with zero attached hydrogens (tertiary/aromatic N) is 3. The molecule has 12 heavy (non-hydrogen) atoms. The molecule has 0 aliphatic carbocycles. The summed E-state index contributed by atoms with van der Waals surface area (Å²) in [7, 11) is 0. The largest absolute Gasteiger partial charge is 0.409 e. The molecule has 0 saturated carbocycles. The van der Waals surface area contributed by atoms with Gasteiger partial charge in [0.15, 0.2) is 11.0 Å². The topological polar surface area (TPSA) is 100 Å². The van der Waals surface area contributed by atoms with Crippen molar-refractivity contribution < 1.29 is 5.21 Å². The van der Waals surface area contributed by atoms with E-state index >= 15 is 0 Å². The first-order valence-corrected chi connectivity index (χ1v) is 4.11. The third-order valence-corrected chi connectivity index (χ3v) is 2.23. The second-order valence-corrected chi connectivity index (χ2v) is 3.41. The zero-order valence-corrected chi connectivity index (χ0v) is 7.25. The van der Waals surface area contributed by atoms with Crippen molar-refractivity contribution in [2.24, 2.45) is 10.9 Å². The van der Waals surface area contributed by atoms with E-state index in [4.69, 9.17) is 10.9 Å². The van der Waals surface area contributed by atoms with Gasteiger partial charge < -0.3 is 10.9 Å². The normalized spacial score (nSPS) is 14.6. The summed E-state index contributed by atoms with van der Waals surface area (Å²) in [6.45, 7) is 1.81. The van der Waals surface area contributed by atoms with Gasteiger partial charge in [0.25, 0.3) is 0 Å². The van der Waals surface area contributed by atoms with Crippen molar-refractivity contribution in [3.63, 3.8) is 0 Å². The van der Waals surface area contributed by atoms with E-state index in [2.05, 4.69) is 20.3 Å². The van der Waals surface area contributed by atoms with Crippen LogP contribution in [0.1, 0.15) is 6.92 Å². The first-order chi connectivity index (χ1) is 5.74. The van der Waals surface area contributed by atoms with Gasteiger partial charge in [-0.25, -0.2) is 4.98 Å². The predicted molar refractivity (Wildman–Crippen MR) is 45.1 cm³/mol. The number of amidine groups is 1. The average molecular weight is 187 g/mol. The summed E-state index contributed by atoms with van der Waals surface area (Å²) in [5, 5.41) is 18.1. The number of nitrogens with one attached hydrogen (secondary N) is 1. The molecule has 4 N–H and O–H groups in total. The van der Waals surface area contributed by atoms with Gasteiger partial charge in [-0.1, -0.05) is 16.9 Å². The molecule has 66 valence electrons. The van der Waals surface area contributed by atoms with Crippen LogP contribution in [0.15, 0.2) is 16.6 Å². The molecule has 0 aliphatic rings. The zero-order valence-electron chi connectivity index (χ0n) is 6.43. The van der Waals surface area contributed by atoms with Crippen molar-refractivity contribution in [3.05, 3.63) is 6.33 Å². The summed E-state index contributed by atoms with van der Waals surface area (Å²) in [6, 6.07) is 0. The molecule has 1 aromatic rings. The molecule has 0 radical (unpaired) electrons. The number of aromatic nitrogens is 3. The minimum Gasteiger partial charge on any atom is -0.409 e. The Morgan fingerprint density at radius 3 is 3.17 bits per heavy atom. The Labute approximate surface area is 73.2 Å². The van der Waals surface area contributed by atoms with Gasteiger partial charge in [-0.05, 0) is 6.92 Å². The zero-order chi connectivity index (χ0) is 8.97. The average Bonchev–Trinajstić information content (AvgIpc) is 2.55. The summed E-state index contributed by atoms with van der Waals surface area (Å²) in [5.41, 5.74) is 5.35. The Morgan fingerprint density at radius 2 is 2.67 bits per heavy atom. The highest BCUT2D eigenvalue weighted by atomic mass is 32.2. The number of hydrogen-bond acceptors (Lipinski definition) is 5. The lowest BCUT2D eigenvalue weighted by Crippen LogP contribution is -2.23. The number of oxime groups is 1. The van der Waals surface area contributed by atoms with Crippen molar-refractivity contribution in [1.29, 1.82) is 0 Å². The highest BCUT2D eigenvalue weighted by Crippen LogP contribution is 2.17. The quantitative estimate of drug-likeness (QED) is 0.204. The monoisotopic (exact) mass is 187 g/mol. The molecule has 1 atom stereocenters. The summed E-state index contributed by atoms with van der Waals surface area (Å²) in [4.78, 5) is 3.88. The summed E-state index contributed by atoms with van der Waals surface area (Å²) in [6.07, 6.45) is 1.40. The molecular weight excluding hydrogens is 178 g/mol. The highest BCUT2D eigenvalue weighted by Gasteiger charge is 2.10. The molecule has 0 aliphatic heterocycles. The molecule has 0 amide bonds. The molecule has 1 unspecified atom stereocenters. The van der Waals surface area contributed by atoms with Crippen molar-refractivity contribution in [1.82, 2.24) is 15.2 Å². The van der Waals surface area contributed by atoms with Gasteiger partial charge in [0.05, 0.1) is 5.25 Å². The number of thioether (sulfide) groups is 1. The standard InChI is InChI=1S/C5H9N5OS/c1-3(4(6)10-11)12-5-7-2-8-9-5/h2-3,11H,1H3,(H2,6,10)(H,7,8,9). The molecule has 1 aromatic heterocycles. The van der Waals surface area contributed by atoms with E-state index in [0.717, 1.165) is 0 Å². The van der Waals surface area contributed by atoms with Crippen LogP contribution in [0, 0.1) is 0 Å². The van der Waals surface area contributed by atoms with Gasteiger partial charge in [-0.3, -0.25) is 5.10 Å². The predicted octanol–water partition coefficient (Wildman–Crippen LogP) is 0.0317. The van der Waals surface area contributed by atoms with Crippen molar-refractivity contribution >= 4 is 17.6 Å². The fourth-order valence-corrected chi connectivity index (χ4v) is 1.28.